The number of nitrogens with zero attached hydrogens (tertiary/aromatic N) is 3. The summed E-state index contributed by atoms with van der Waals surface area (Å²) in [7, 11) is 0. The van der Waals surface area contributed by atoms with Gasteiger partial charge in [-0.25, -0.2) is 4.98 Å². The fourth-order valence-corrected chi connectivity index (χ4v) is 2.33. The smallest absolute Gasteiger partial charge is 0.249 e. The maximum absolute atomic E-state index is 5.77. The van der Waals surface area contributed by atoms with E-state index in [0.29, 0.717) is 22.9 Å². The molecule has 4 nitrogen and oxygen atoms in total. The monoisotopic (exact) mass is 313 g/mol. The molecule has 2 aromatic heterocycles. The zero-order chi connectivity index (χ0) is 15.5. The summed E-state index contributed by atoms with van der Waals surface area (Å²) in [6.07, 6.45) is 2.68. The standard InChI is InChI=1S/C17H16ClN3O/c1-11(2)9-12-3-5-13(6-4-12)16-20-21-17(22-16)14-7-8-15(18)19-10-14/h3-8,10-11H,9H2,1-2H3. The summed E-state index contributed by atoms with van der Waals surface area (Å²) < 4.78 is 5.71. The lowest BCUT2D eigenvalue weighted by Gasteiger charge is -2.04. The molecule has 0 atom stereocenters. The molecule has 0 saturated carbocycles. The molecule has 0 aliphatic carbocycles. The van der Waals surface area contributed by atoms with Crippen LogP contribution in [0.15, 0.2) is 47.0 Å². The van der Waals surface area contributed by atoms with E-state index in [1.807, 2.05) is 12.1 Å². The summed E-state index contributed by atoms with van der Waals surface area (Å²) in [5, 5.41) is 8.60. The molecule has 0 fully saturated rings. The normalized spacial score (nSPS) is 11.1. The fraction of sp³-hybridized carbons (Fsp3) is 0.235. The third-order valence-corrected chi connectivity index (χ3v) is 3.47. The van der Waals surface area contributed by atoms with Gasteiger partial charge in [-0.1, -0.05) is 37.6 Å². The van der Waals surface area contributed by atoms with Crippen molar-refractivity contribution >= 4 is 11.6 Å². The molecule has 0 saturated heterocycles. The second-order valence-electron chi connectivity index (χ2n) is 5.58. The Balaban J connectivity index is 1.82. The van der Waals surface area contributed by atoms with Gasteiger partial charge in [-0.15, -0.1) is 10.2 Å². The Morgan fingerprint density at radius 1 is 0.955 bits per heavy atom. The number of hydrogen-bond donors (Lipinski definition) is 0. The third kappa shape index (κ3) is 3.34. The first-order valence-electron chi connectivity index (χ1n) is 7.16. The van der Waals surface area contributed by atoms with Crippen LogP contribution in [0.3, 0.4) is 0 Å². The van der Waals surface area contributed by atoms with Crippen molar-refractivity contribution in [2.75, 3.05) is 0 Å². The van der Waals surface area contributed by atoms with Gasteiger partial charge in [0.2, 0.25) is 11.8 Å². The summed E-state index contributed by atoms with van der Waals surface area (Å²) in [5.74, 6) is 1.57. The molecule has 112 valence electrons. The van der Waals surface area contributed by atoms with Crippen molar-refractivity contribution in [1.29, 1.82) is 0 Å². The van der Waals surface area contributed by atoms with Crippen molar-refractivity contribution in [3.8, 4) is 22.9 Å². The predicted octanol–water partition coefficient (Wildman–Crippen LogP) is 4.65. The summed E-state index contributed by atoms with van der Waals surface area (Å²) in [5.41, 5.74) is 2.97. The zero-order valence-electron chi connectivity index (χ0n) is 12.5. The Morgan fingerprint density at radius 2 is 1.59 bits per heavy atom. The maximum Gasteiger partial charge on any atom is 0.249 e. The minimum Gasteiger partial charge on any atom is -0.416 e. The molecule has 2 heterocycles. The van der Waals surface area contributed by atoms with Crippen LogP contribution in [0, 0.1) is 5.92 Å². The summed E-state index contributed by atoms with van der Waals surface area (Å²) in [6, 6.07) is 11.7. The van der Waals surface area contributed by atoms with Crippen molar-refractivity contribution in [3.05, 3.63) is 53.3 Å². The van der Waals surface area contributed by atoms with Crippen LogP contribution in [0.2, 0.25) is 5.15 Å². The highest BCUT2D eigenvalue weighted by Gasteiger charge is 2.11. The minimum absolute atomic E-state index is 0.434. The second-order valence-corrected chi connectivity index (χ2v) is 5.96. The molecule has 0 spiro atoms. The fourth-order valence-electron chi connectivity index (χ4n) is 2.21. The van der Waals surface area contributed by atoms with E-state index in [1.165, 1.54) is 5.56 Å². The van der Waals surface area contributed by atoms with Crippen LogP contribution in [0.5, 0.6) is 0 Å². The Kier molecular flexibility index (Phi) is 4.20. The van der Waals surface area contributed by atoms with Gasteiger partial charge in [0.1, 0.15) is 5.15 Å². The van der Waals surface area contributed by atoms with Crippen molar-refractivity contribution in [3.63, 3.8) is 0 Å². The predicted molar refractivity (Wildman–Crippen MR) is 86.5 cm³/mol. The molecule has 3 aromatic rings. The molecule has 3 rings (SSSR count). The molecule has 0 bridgehead atoms. The molecule has 1 aromatic carbocycles. The van der Waals surface area contributed by atoms with Crippen LogP contribution in [0.4, 0.5) is 0 Å². The second kappa shape index (κ2) is 6.28. The van der Waals surface area contributed by atoms with Crippen molar-refractivity contribution in [1.82, 2.24) is 15.2 Å². The molecule has 5 heteroatoms. The van der Waals surface area contributed by atoms with Gasteiger partial charge in [-0.05, 0) is 42.2 Å². The van der Waals surface area contributed by atoms with Gasteiger partial charge in [0.25, 0.3) is 0 Å². The molecular weight excluding hydrogens is 298 g/mol. The lowest BCUT2D eigenvalue weighted by molar-refractivity contribution is 0.584. The first-order valence-corrected chi connectivity index (χ1v) is 7.54. The van der Waals surface area contributed by atoms with Crippen molar-refractivity contribution < 1.29 is 4.42 Å². The van der Waals surface area contributed by atoms with Crippen LogP contribution in [-0.4, -0.2) is 15.2 Å². The maximum atomic E-state index is 5.77. The highest BCUT2D eigenvalue weighted by atomic mass is 35.5. The topological polar surface area (TPSA) is 51.8 Å². The number of hydrogen-bond acceptors (Lipinski definition) is 4. The van der Waals surface area contributed by atoms with Crippen molar-refractivity contribution in [2.45, 2.75) is 20.3 Å². The van der Waals surface area contributed by atoms with Gasteiger partial charge in [0, 0.05) is 11.8 Å². The van der Waals surface area contributed by atoms with Crippen molar-refractivity contribution in [2.24, 2.45) is 5.92 Å². The van der Waals surface area contributed by atoms with E-state index in [0.717, 1.165) is 17.5 Å². The van der Waals surface area contributed by atoms with Crippen LogP contribution in [0.25, 0.3) is 22.9 Å². The average Bonchev–Trinajstić information content (AvgIpc) is 2.98. The van der Waals surface area contributed by atoms with E-state index in [1.54, 1.807) is 18.3 Å². The Morgan fingerprint density at radius 3 is 2.18 bits per heavy atom. The van der Waals surface area contributed by atoms with Crippen LogP contribution in [0.1, 0.15) is 19.4 Å². The van der Waals surface area contributed by atoms with E-state index < -0.39 is 0 Å². The SMILES string of the molecule is CC(C)Cc1ccc(-c2nnc(-c3ccc(Cl)nc3)o2)cc1. The van der Waals surface area contributed by atoms with Gasteiger partial charge >= 0.3 is 0 Å². The molecule has 0 amide bonds. The number of aromatic nitrogens is 3. The highest BCUT2D eigenvalue weighted by Crippen LogP contribution is 2.24. The Hall–Kier alpha value is -2.20. The highest BCUT2D eigenvalue weighted by molar-refractivity contribution is 6.29. The quantitative estimate of drug-likeness (QED) is 0.658. The summed E-state index contributed by atoms with van der Waals surface area (Å²) >= 11 is 5.77. The van der Waals surface area contributed by atoms with E-state index in [-0.39, 0.29) is 0 Å². The van der Waals surface area contributed by atoms with Gasteiger partial charge < -0.3 is 4.42 Å². The first kappa shape index (κ1) is 14.7. The summed E-state index contributed by atoms with van der Waals surface area (Å²) in [6.45, 7) is 4.41. The van der Waals surface area contributed by atoms with E-state index in [4.69, 9.17) is 16.0 Å². The molecule has 0 aliphatic rings. The van der Waals surface area contributed by atoms with Gasteiger partial charge in [-0.2, -0.15) is 0 Å². The third-order valence-electron chi connectivity index (χ3n) is 3.24. The molecule has 0 radical (unpaired) electrons. The Labute approximate surface area is 134 Å². The largest absolute Gasteiger partial charge is 0.416 e. The molecular formula is C17H16ClN3O. The van der Waals surface area contributed by atoms with Crippen LogP contribution < -0.4 is 0 Å². The number of pyridine rings is 1. The van der Waals surface area contributed by atoms with E-state index in [2.05, 4.69) is 41.2 Å². The molecule has 0 unspecified atom stereocenters. The van der Waals surface area contributed by atoms with Gasteiger partial charge in [0.15, 0.2) is 0 Å². The van der Waals surface area contributed by atoms with Gasteiger partial charge in [0.05, 0.1) is 5.56 Å². The molecule has 22 heavy (non-hydrogen) atoms. The lowest BCUT2D eigenvalue weighted by atomic mass is 10.0. The van der Waals surface area contributed by atoms with Crippen LogP contribution >= 0.6 is 11.6 Å². The first-order chi connectivity index (χ1) is 10.6. The Bertz CT molecular complexity index is 748. The van der Waals surface area contributed by atoms with Crippen LogP contribution in [-0.2, 0) is 6.42 Å². The summed E-state index contributed by atoms with van der Waals surface area (Å²) in [4.78, 5) is 4.01. The van der Waals surface area contributed by atoms with E-state index >= 15 is 0 Å². The lowest BCUT2D eigenvalue weighted by Crippen LogP contribution is -1.93. The average molecular weight is 314 g/mol. The number of benzene rings is 1. The zero-order valence-corrected chi connectivity index (χ0v) is 13.2. The minimum atomic E-state index is 0.434. The molecule has 0 N–H and O–H groups in total. The number of rotatable bonds is 4. The van der Waals surface area contributed by atoms with Gasteiger partial charge in [-0.3, -0.25) is 0 Å². The number of halogens is 1. The van der Waals surface area contributed by atoms with E-state index in [9.17, 15) is 0 Å². The molecule has 0 aliphatic heterocycles.